The summed E-state index contributed by atoms with van der Waals surface area (Å²) in [4.78, 5) is 13.3. The number of hydrogen-bond acceptors (Lipinski definition) is 2. The zero-order valence-corrected chi connectivity index (χ0v) is 12.4. The average molecular weight is 277 g/mol. The molecule has 2 rings (SSSR count). The summed E-state index contributed by atoms with van der Waals surface area (Å²) in [7, 11) is 0. The minimum Gasteiger partial charge on any atom is -0.370 e. The van der Waals surface area contributed by atoms with E-state index >= 15 is 0 Å². The fourth-order valence-electron chi connectivity index (χ4n) is 2.40. The molecule has 1 amide bonds. The van der Waals surface area contributed by atoms with Crippen molar-refractivity contribution in [1.29, 1.82) is 0 Å². The molecular weight excluding hydrogens is 252 g/mol. The zero-order chi connectivity index (χ0) is 14.4. The van der Waals surface area contributed by atoms with Gasteiger partial charge in [-0.15, -0.1) is 0 Å². The molecule has 1 heterocycles. The van der Waals surface area contributed by atoms with Crippen molar-refractivity contribution >= 4 is 11.6 Å². The number of quaternary nitrogens is 1. The molecule has 0 aliphatic carbocycles. The number of carbonyl (C=O) groups excluding carboxylic acids is 1. The highest BCUT2D eigenvalue weighted by atomic mass is 16.5. The Morgan fingerprint density at radius 2 is 1.95 bits per heavy atom. The number of rotatable bonds is 5. The standard InChI is InChI=1S/C16H24N2O2/c1-3-13(2)14-4-6-15(7-5-14)17-16(19)12-18-8-10-20-11-9-18/h4-7,13H,3,8-12H2,1-2H3,(H,17,19)/p+1/t13-/m1/s1. The van der Waals surface area contributed by atoms with Crippen molar-refractivity contribution in [2.45, 2.75) is 26.2 Å². The van der Waals surface area contributed by atoms with Crippen LogP contribution >= 0.6 is 0 Å². The third-order valence-corrected chi connectivity index (χ3v) is 3.99. The monoisotopic (exact) mass is 277 g/mol. The molecule has 0 radical (unpaired) electrons. The molecule has 1 aliphatic heterocycles. The van der Waals surface area contributed by atoms with Crippen LogP contribution < -0.4 is 10.2 Å². The number of carbonyl (C=O) groups is 1. The minimum atomic E-state index is 0.0817. The van der Waals surface area contributed by atoms with Gasteiger partial charge in [-0.25, -0.2) is 0 Å². The van der Waals surface area contributed by atoms with Crippen LogP contribution in [0.5, 0.6) is 0 Å². The smallest absolute Gasteiger partial charge is 0.279 e. The number of anilines is 1. The van der Waals surface area contributed by atoms with Gasteiger partial charge in [0.25, 0.3) is 5.91 Å². The molecule has 1 atom stereocenters. The van der Waals surface area contributed by atoms with E-state index in [0.29, 0.717) is 12.5 Å². The number of amides is 1. The molecule has 0 aromatic heterocycles. The number of ether oxygens (including phenoxy) is 1. The maximum Gasteiger partial charge on any atom is 0.279 e. The number of nitrogens with one attached hydrogen (secondary N) is 2. The summed E-state index contributed by atoms with van der Waals surface area (Å²) in [6.07, 6.45) is 1.13. The van der Waals surface area contributed by atoms with Gasteiger partial charge in [-0.1, -0.05) is 26.0 Å². The van der Waals surface area contributed by atoms with Crippen LogP contribution in [0, 0.1) is 0 Å². The van der Waals surface area contributed by atoms with Crippen LogP contribution in [0.4, 0.5) is 5.69 Å². The first kappa shape index (κ1) is 15.0. The van der Waals surface area contributed by atoms with Crippen LogP contribution in [-0.2, 0) is 9.53 Å². The minimum absolute atomic E-state index is 0.0817. The molecule has 1 aromatic carbocycles. The third-order valence-electron chi connectivity index (χ3n) is 3.99. The molecule has 0 saturated carbocycles. The summed E-state index contributed by atoms with van der Waals surface area (Å²) in [6, 6.07) is 8.19. The van der Waals surface area contributed by atoms with Crippen molar-refractivity contribution in [1.82, 2.24) is 0 Å². The molecule has 1 aliphatic rings. The van der Waals surface area contributed by atoms with E-state index in [1.165, 1.54) is 10.5 Å². The highest BCUT2D eigenvalue weighted by molar-refractivity contribution is 5.91. The lowest BCUT2D eigenvalue weighted by Gasteiger charge is -2.23. The van der Waals surface area contributed by atoms with Gasteiger partial charge in [0.2, 0.25) is 0 Å². The molecule has 4 heteroatoms. The van der Waals surface area contributed by atoms with Gasteiger partial charge >= 0.3 is 0 Å². The van der Waals surface area contributed by atoms with Gasteiger partial charge in [0, 0.05) is 5.69 Å². The predicted octanol–water partition coefficient (Wildman–Crippen LogP) is 1.05. The van der Waals surface area contributed by atoms with Gasteiger partial charge in [-0.05, 0) is 30.0 Å². The van der Waals surface area contributed by atoms with Crippen molar-refractivity contribution in [3.63, 3.8) is 0 Å². The molecule has 110 valence electrons. The fraction of sp³-hybridized carbons (Fsp3) is 0.562. The largest absolute Gasteiger partial charge is 0.370 e. The maximum atomic E-state index is 12.0. The summed E-state index contributed by atoms with van der Waals surface area (Å²) in [5, 5.41) is 2.97. The maximum absolute atomic E-state index is 12.0. The van der Waals surface area contributed by atoms with Crippen molar-refractivity contribution in [2.24, 2.45) is 0 Å². The molecule has 4 nitrogen and oxygen atoms in total. The Morgan fingerprint density at radius 1 is 1.30 bits per heavy atom. The van der Waals surface area contributed by atoms with Crippen molar-refractivity contribution < 1.29 is 14.4 Å². The number of hydrogen-bond donors (Lipinski definition) is 2. The van der Waals surface area contributed by atoms with Gasteiger partial charge in [0.15, 0.2) is 6.54 Å². The summed E-state index contributed by atoms with van der Waals surface area (Å²) in [6.45, 7) is 8.27. The van der Waals surface area contributed by atoms with Gasteiger partial charge in [-0.2, -0.15) is 0 Å². The van der Waals surface area contributed by atoms with Gasteiger partial charge in [0.1, 0.15) is 13.1 Å². The molecule has 2 N–H and O–H groups in total. The van der Waals surface area contributed by atoms with Gasteiger partial charge in [0.05, 0.1) is 13.2 Å². The van der Waals surface area contributed by atoms with Crippen LogP contribution in [0.3, 0.4) is 0 Å². The predicted molar refractivity (Wildman–Crippen MR) is 80.2 cm³/mol. The molecule has 20 heavy (non-hydrogen) atoms. The zero-order valence-electron chi connectivity index (χ0n) is 12.4. The second-order valence-electron chi connectivity index (χ2n) is 5.52. The van der Waals surface area contributed by atoms with E-state index in [1.807, 2.05) is 12.1 Å². The van der Waals surface area contributed by atoms with Crippen molar-refractivity contribution in [3.8, 4) is 0 Å². The molecular formula is C16H25N2O2+. The van der Waals surface area contributed by atoms with E-state index in [4.69, 9.17) is 4.74 Å². The van der Waals surface area contributed by atoms with Crippen LogP contribution in [0.1, 0.15) is 31.7 Å². The van der Waals surface area contributed by atoms with Crippen LogP contribution in [0.15, 0.2) is 24.3 Å². The summed E-state index contributed by atoms with van der Waals surface area (Å²) in [5.74, 6) is 0.649. The van der Waals surface area contributed by atoms with Crippen LogP contribution in [0.2, 0.25) is 0 Å². The second-order valence-corrected chi connectivity index (χ2v) is 5.52. The molecule has 1 aromatic rings. The second kappa shape index (κ2) is 7.41. The van der Waals surface area contributed by atoms with Gasteiger partial charge < -0.3 is 15.0 Å². The van der Waals surface area contributed by atoms with E-state index in [1.54, 1.807) is 0 Å². The molecule has 1 saturated heterocycles. The Balaban J connectivity index is 1.84. The first-order chi connectivity index (χ1) is 9.69. The molecule has 0 bridgehead atoms. The first-order valence-corrected chi connectivity index (χ1v) is 7.50. The molecule has 0 spiro atoms. The number of benzene rings is 1. The third kappa shape index (κ3) is 4.32. The number of morpholine rings is 1. The molecule has 0 unspecified atom stereocenters. The summed E-state index contributed by atoms with van der Waals surface area (Å²) in [5.41, 5.74) is 2.21. The van der Waals surface area contributed by atoms with E-state index in [0.717, 1.165) is 38.4 Å². The average Bonchev–Trinajstić information content (AvgIpc) is 2.48. The van der Waals surface area contributed by atoms with Crippen LogP contribution in [0.25, 0.3) is 0 Å². The SMILES string of the molecule is CC[C@@H](C)c1ccc(NC(=O)C[NH+]2CCOCC2)cc1. The van der Waals surface area contributed by atoms with E-state index in [2.05, 4.69) is 31.3 Å². The lowest BCUT2D eigenvalue weighted by molar-refractivity contribution is -0.899. The Morgan fingerprint density at radius 3 is 2.55 bits per heavy atom. The Bertz CT molecular complexity index is 425. The van der Waals surface area contributed by atoms with Crippen molar-refractivity contribution in [3.05, 3.63) is 29.8 Å². The quantitative estimate of drug-likeness (QED) is 0.845. The lowest BCUT2D eigenvalue weighted by Crippen LogP contribution is -3.15. The highest BCUT2D eigenvalue weighted by Crippen LogP contribution is 2.20. The normalized spacial score (nSPS) is 17.7. The van der Waals surface area contributed by atoms with E-state index in [9.17, 15) is 4.79 Å². The topological polar surface area (TPSA) is 42.8 Å². The Kier molecular flexibility index (Phi) is 5.56. The van der Waals surface area contributed by atoms with Gasteiger partial charge in [-0.3, -0.25) is 4.79 Å². The Hall–Kier alpha value is -1.39. The van der Waals surface area contributed by atoms with Crippen LogP contribution in [-0.4, -0.2) is 38.8 Å². The van der Waals surface area contributed by atoms with Crippen molar-refractivity contribution in [2.75, 3.05) is 38.2 Å². The summed E-state index contributed by atoms with van der Waals surface area (Å²) >= 11 is 0. The first-order valence-electron chi connectivity index (χ1n) is 7.50. The highest BCUT2D eigenvalue weighted by Gasteiger charge is 2.17. The summed E-state index contributed by atoms with van der Waals surface area (Å²) < 4.78 is 5.29. The van der Waals surface area contributed by atoms with E-state index < -0.39 is 0 Å². The Labute approximate surface area is 121 Å². The van der Waals surface area contributed by atoms with E-state index in [-0.39, 0.29) is 5.91 Å². The molecule has 1 fully saturated rings. The fourth-order valence-corrected chi connectivity index (χ4v) is 2.40. The lowest BCUT2D eigenvalue weighted by atomic mass is 9.99.